The molecule has 1 saturated heterocycles. The highest BCUT2D eigenvalue weighted by Crippen LogP contribution is 2.46. The molecule has 0 unspecified atom stereocenters. The van der Waals surface area contributed by atoms with Crippen molar-refractivity contribution in [1.29, 1.82) is 0 Å². The van der Waals surface area contributed by atoms with Crippen molar-refractivity contribution in [3.63, 3.8) is 0 Å². The number of hydrogen-bond donors (Lipinski definition) is 1. The van der Waals surface area contributed by atoms with Gasteiger partial charge >= 0.3 is 11.9 Å². The Hall–Kier alpha value is -1.84. The number of aliphatic hydroxyl groups is 1. The SMILES string of the molecule is CC#CCC(C)(C)[C@H](O)/C=C/[C@@H]1[C@H]2C[C@@H](CCCCC(=O)OC)O[C@H]2C[C@H]1OC(C)=O. The van der Waals surface area contributed by atoms with Gasteiger partial charge in [-0.2, -0.15) is 0 Å². The minimum atomic E-state index is -0.637. The van der Waals surface area contributed by atoms with Crippen LogP contribution in [-0.4, -0.2) is 48.6 Å². The van der Waals surface area contributed by atoms with Crippen molar-refractivity contribution in [1.82, 2.24) is 0 Å². The van der Waals surface area contributed by atoms with Gasteiger partial charge in [0.05, 0.1) is 25.4 Å². The zero-order valence-electron chi connectivity index (χ0n) is 19.6. The summed E-state index contributed by atoms with van der Waals surface area (Å²) in [6.45, 7) is 7.22. The maximum Gasteiger partial charge on any atom is 0.305 e. The van der Waals surface area contributed by atoms with Gasteiger partial charge in [0.2, 0.25) is 0 Å². The molecule has 1 aliphatic heterocycles. The van der Waals surface area contributed by atoms with E-state index >= 15 is 0 Å². The maximum atomic E-state index is 11.6. The van der Waals surface area contributed by atoms with Crippen molar-refractivity contribution in [3.05, 3.63) is 12.2 Å². The lowest BCUT2D eigenvalue weighted by atomic mass is 9.82. The van der Waals surface area contributed by atoms with Crippen molar-refractivity contribution in [3.8, 4) is 11.8 Å². The molecule has 31 heavy (non-hydrogen) atoms. The third-order valence-electron chi connectivity index (χ3n) is 6.51. The number of hydrogen-bond acceptors (Lipinski definition) is 6. The molecule has 1 heterocycles. The summed E-state index contributed by atoms with van der Waals surface area (Å²) in [5, 5.41) is 10.7. The molecule has 0 radical (unpaired) electrons. The molecule has 1 saturated carbocycles. The Labute approximate surface area is 186 Å². The molecule has 2 fully saturated rings. The van der Waals surface area contributed by atoms with E-state index < -0.39 is 6.10 Å². The predicted octanol–water partition coefficient (Wildman–Crippen LogP) is 3.80. The van der Waals surface area contributed by atoms with Crippen LogP contribution >= 0.6 is 0 Å². The van der Waals surface area contributed by atoms with Crippen LogP contribution in [0.25, 0.3) is 0 Å². The molecule has 0 aromatic heterocycles. The van der Waals surface area contributed by atoms with E-state index in [1.165, 1.54) is 14.0 Å². The van der Waals surface area contributed by atoms with Crippen LogP contribution in [0.15, 0.2) is 12.2 Å². The molecule has 6 nitrogen and oxygen atoms in total. The first-order valence-corrected chi connectivity index (χ1v) is 11.3. The van der Waals surface area contributed by atoms with Crippen LogP contribution in [-0.2, 0) is 23.8 Å². The van der Waals surface area contributed by atoms with Crippen LogP contribution < -0.4 is 0 Å². The van der Waals surface area contributed by atoms with Gasteiger partial charge in [-0.25, -0.2) is 0 Å². The molecule has 6 atom stereocenters. The highest BCUT2D eigenvalue weighted by Gasteiger charge is 2.49. The van der Waals surface area contributed by atoms with E-state index in [2.05, 4.69) is 16.6 Å². The van der Waals surface area contributed by atoms with Crippen LogP contribution in [0.5, 0.6) is 0 Å². The molecule has 6 heteroatoms. The maximum absolute atomic E-state index is 11.6. The Kier molecular flexibility index (Phi) is 9.58. The monoisotopic (exact) mass is 434 g/mol. The van der Waals surface area contributed by atoms with Crippen LogP contribution in [0.1, 0.15) is 72.6 Å². The average Bonchev–Trinajstić information content (AvgIpc) is 3.24. The summed E-state index contributed by atoms with van der Waals surface area (Å²) in [5.74, 6) is 5.75. The van der Waals surface area contributed by atoms with Crippen molar-refractivity contribution >= 4 is 11.9 Å². The fraction of sp³-hybridized carbons (Fsp3) is 0.760. The molecule has 2 aliphatic rings. The van der Waals surface area contributed by atoms with Gasteiger partial charge in [0.1, 0.15) is 6.10 Å². The van der Waals surface area contributed by atoms with Gasteiger partial charge in [-0.1, -0.05) is 32.4 Å². The van der Waals surface area contributed by atoms with E-state index in [9.17, 15) is 14.7 Å². The van der Waals surface area contributed by atoms with Crippen LogP contribution in [0, 0.1) is 29.1 Å². The molecule has 0 bridgehead atoms. The summed E-state index contributed by atoms with van der Waals surface area (Å²) in [7, 11) is 1.41. The summed E-state index contributed by atoms with van der Waals surface area (Å²) >= 11 is 0. The highest BCUT2D eigenvalue weighted by atomic mass is 16.6. The molecule has 0 amide bonds. The van der Waals surface area contributed by atoms with Gasteiger partial charge < -0.3 is 19.3 Å². The Morgan fingerprint density at radius 3 is 2.68 bits per heavy atom. The second-order valence-electron chi connectivity index (χ2n) is 9.40. The summed E-state index contributed by atoms with van der Waals surface area (Å²) < 4.78 is 16.5. The second kappa shape index (κ2) is 11.7. The van der Waals surface area contributed by atoms with Crippen LogP contribution in [0.3, 0.4) is 0 Å². The summed E-state index contributed by atoms with van der Waals surface area (Å²) in [6.07, 6.45) is 8.45. The van der Waals surface area contributed by atoms with E-state index in [-0.39, 0.29) is 47.5 Å². The molecule has 1 N–H and O–H groups in total. The molecular formula is C25H38O6. The Bertz CT molecular complexity index is 701. The quantitative estimate of drug-likeness (QED) is 0.244. The van der Waals surface area contributed by atoms with Crippen molar-refractivity contribution < 1.29 is 28.9 Å². The van der Waals surface area contributed by atoms with E-state index in [1.54, 1.807) is 6.92 Å². The largest absolute Gasteiger partial charge is 0.469 e. The van der Waals surface area contributed by atoms with Gasteiger partial charge in [0, 0.05) is 37.5 Å². The van der Waals surface area contributed by atoms with E-state index in [4.69, 9.17) is 9.47 Å². The fourth-order valence-electron chi connectivity index (χ4n) is 4.61. The topological polar surface area (TPSA) is 82.1 Å². The lowest BCUT2D eigenvalue weighted by Gasteiger charge is -2.27. The Morgan fingerprint density at radius 2 is 2.03 bits per heavy atom. The van der Waals surface area contributed by atoms with Gasteiger partial charge in [-0.3, -0.25) is 9.59 Å². The Morgan fingerprint density at radius 1 is 1.29 bits per heavy atom. The van der Waals surface area contributed by atoms with Crippen LogP contribution in [0.2, 0.25) is 0 Å². The molecule has 0 aromatic carbocycles. The van der Waals surface area contributed by atoms with E-state index in [1.807, 2.05) is 26.0 Å². The second-order valence-corrected chi connectivity index (χ2v) is 9.40. The van der Waals surface area contributed by atoms with E-state index in [0.29, 0.717) is 19.3 Å². The minimum Gasteiger partial charge on any atom is -0.469 e. The molecule has 0 spiro atoms. The molecule has 2 rings (SSSR count). The molecule has 0 aromatic rings. The van der Waals surface area contributed by atoms with E-state index in [0.717, 1.165) is 25.7 Å². The summed E-state index contributed by atoms with van der Waals surface area (Å²) in [6, 6.07) is 0. The average molecular weight is 435 g/mol. The van der Waals surface area contributed by atoms with Crippen LogP contribution in [0.4, 0.5) is 0 Å². The number of unbranched alkanes of at least 4 members (excludes halogenated alkanes) is 1. The molecule has 174 valence electrons. The number of carbonyl (C=O) groups is 2. The summed E-state index contributed by atoms with van der Waals surface area (Å²) in [4.78, 5) is 22.9. The number of rotatable bonds is 10. The Balaban J connectivity index is 1.98. The zero-order chi connectivity index (χ0) is 23.0. The van der Waals surface area contributed by atoms with Crippen molar-refractivity contribution in [2.75, 3.05) is 7.11 Å². The third-order valence-corrected chi connectivity index (χ3v) is 6.51. The lowest BCUT2D eigenvalue weighted by Crippen LogP contribution is -2.28. The lowest BCUT2D eigenvalue weighted by molar-refractivity contribution is -0.148. The van der Waals surface area contributed by atoms with Gasteiger partial charge in [-0.15, -0.1) is 11.8 Å². The fourth-order valence-corrected chi connectivity index (χ4v) is 4.61. The standard InChI is InChI=1S/C25H38O6/c1-6-7-14-25(3,4)23(27)13-12-19-20-15-18(10-8-9-11-24(28)29-5)31-22(20)16-21(19)30-17(2)26/h12-13,18-23,27H,8-11,14-16H2,1-5H3/b13-12+/t18-,19-,20-,21-,22+,23-/m1/s1. The third kappa shape index (κ3) is 7.36. The number of methoxy groups -OCH3 is 1. The molecular weight excluding hydrogens is 396 g/mol. The first-order chi connectivity index (χ1) is 14.7. The number of fused-ring (bicyclic) bond motifs is 1. The highest BCUT2D eigenvalue weighted by molar-refractivity contribution is 5.69. The van der Waals surface area contributed by atoms with Gasteiger partial charge in [0.15, 0.2) is 0 Å². The zero-order valence-corrected chi connectivity index (χ0v) is 19.6. The number of ether oxygens (including phenoxy) is 3. The number of carbonyl (C=O) groups excluding carboxylic acids is 2. The van der Waals surface area contributed by atoms with Crippen molar-refractivity contribution in [2.24, 2.45) is 17.3 Å². The molecule has 1 aliphatic carbocycles. The number of aliphatic hydroxyl groups excluding tert-OH is 1. The number of esters is 2. The predicted molar refractivity (Wildman–Crippen MR) is 118 cm³/mol. The van der Waals surface area contributed by atoms with Gasteiger partial charge in [-0.05, 0) is 32.1 Å². The normalized spacial score (nSPS) is 28.6. The summed E-state index contributed by atoms with van der Waals surface area (Å²) in [5.41, 5.74) is -0.358. The van der Waals surface area contributed by atoms with Gasteiger partial charge in [0.25, 0.3) is 0 Å². The van der Waals surface area contributed by atoms with Crippen molar-refractivity contribution in [2.45, 2.75) is 97.1 Å². The minimum absolute atomic E-state index is 0.0247. The smallest absolute Gasteiger partial charge is 0.305 e. The first-order valence-electron chi connectivity index (χ1n) is 11.3. The first kappa shape index (κ1) is 25.4.